The fourth-order valence-corrected chi connectivity index (χ4v) is 2.69. The zero-order valence-electron chi connectivity index (χ0n) is 11.4. The van der Waals surface area contributed by atoms with Crippen LogP contribution in [0.4, 0.5) is 0 Å². The van der Waals surface area contributed by atoms with Crippen LogP contribution < -0.4 is 5.73 Å². The number of nitrogens with two attached hydrogens (primary N) is 1. The molecule has 2 heterocycles. The summed E-state index contributed by atoms with van der Waals surface area (Å²) in [6.45, 7) is 6.55. The zero-order valence-corrected chi connectivity index (χ0v) is 11.4. The van der Waals surface area contributed by atoms with Crippen molar-refractivity contribution in [2.75, 3.05) is 26.2 Å². The molecule has 0 spiro atoms. The summed E-state index contributed by atoms with van der Waals surface area (Å²) in [5.41, 5.74) is 5.50. The molecule has 1 aromatic rings. The van der Waals surface area contributed by atoms with E-state index in [-0.39, 0.29) is 0 Å². The quantitative estimate of drug-likeness (QED) is 0.838. The maximum Gasteiger partial charge on any atom is 0.194 e. The molecule has 0 aliphatic carbocycles. The van der Waals surface area contributed by atoms with E-state index in [0.29, 0.717) is 12.5 Å². The molecule has 1 aromatic heterocycles. The van der Waals surface area contributed by atoms with Gasteiger partial charge in [-0.1, -0.05) is 6.92 Å². The molecule has 1 atom stereocenters. The van der Waals surface area contributed by atoms with Gasteiger partial charge in [0.05, 0.1) is 6.20 Å². The minimum Gasteiger partial charge on any atom is -0.446 e. The first kappa shape index (κ1) is 13.6. The van der Waals surface area contributed by atoms with Crippen LogP contribution >= 0.6 is 0 Å². The van der Waals surface area contributed by atoms with Gasteiger partial charge in [0.1, 0.15) is 5.76 Å². The lowest BCUT2D eigenvalue weighted by molar-refractivity contribution is 0.176. The topological polar surface area (TPSA) is 55.3 Å². The van der Waals surface area contributed by atoms with Crippen molar-refractivity contribution < 1.29 is 4.42 Å². The molecule has 102 valence electrons. The fourth-order valence-electron chi connectivity index (χ4n) is 2.69. The van der Waals surface area contributed by atoms with E-state index in [1.165, 1.54) is 25.9 Å². The summed E-state index contributed by atoms with van der Waals surface area (Å²) in [5.74, 6) is 2.60. The Kier molecular flexibility index (Phi) is 5.20. The standard InChI is InChI=1S/C14H25N3O/c1-2-17-8-4-5-12(11-17)9-14-16-10-13(18-14)6-3-7-15/h10,12H,2-9,11,15H2,1H3. The molecule has 0 saturated carbocycles. The highest BCUT2D eigenvalue weighted by Crippen LogP contribution is 2.20. The molecule has 1 fully saturated rings. The Labute approximate surface area is 110 Å². The number of nitrogens with zero attached hydrogens (tertiary/aromatic N) is 2. The largest absolute Gasteiger partial charge is 0.446 e. The van der Waals surface area contributed by atoms with Crippen molar-refractivity contribution in [2.45, 2.75) is 39.0 Å². The molecule has 4 heteroatoms. The summed E-state index contributed by atoms with van der Waals surface area (Å²) >= 11 is 0. The van der Waals surface area contributed by atoms with E-state index in [2.05, 4.69) is 16.8 Å². The van der Waals surface area contributed by atoms with Gasteiger partial charge in [-0.05, 0) is 44.8 Å². The summed E-state index contributed by atoms with van der Waals surface area (Å²) in [6.07, 6.45) is 7.34. The van der Waals surface area contributed by atoms with Crippen LogP contribution in [0, 0.1) is 5.92 Å². The lowest BCUT2D eigenvalue weighted by Crippen LogP contribution is -2.35. The first-order valence-corrected chi connectivity index (χ1v) is 7.17. The van der Waals surface area contributed by atoms with Crippen molar-refractivity contribution in [3.63, 3.8) is 0 Å². The van der Waals surface area contributed by atoms with Gasteiger partial charge in [-0.25, -0.2) is 4.98 Å². The molecule has 2 N–H and O–H groups in total. The minimum absolute atomic E-state index is 0.708. The predicted molar refractivity (Wildman–Crippen MR) is 72.4 cm³/mol. The van der Waals surface area contributed by atoms with E-state index in [1.54, 1.807) is 0 Å². The first-order valence-electron chi connectivity index (χ1n) is 7.17. The highest BCUT2D eigenvalue weighted by Gasteiger charge is 2.20. The van der Waals surface area contributed by atoms with E-state index >= 15 is 0 Å². The van der Waals surface area contributed by atoms with Gasteiger partial charge in [-0.3, -0.25) is 0 Å². The average molecular weight is 251 g/mol. The molecule has 2 rings (SSSR count). The molecular formula is C14H25N3O. The summed E-state index contributed by atoms with van der Waals surface area (Å²) in [7, 11) is 0. The lowest BCUT2D eigenvalue weighted by atomic mass is 9.95. The SMILES string of the molecule is CCN1CCCC(Cc2ncc(CCCN)o2)C1. The first-order chi connectivity index (χ1) is 8.81. The van der Waals surface area contributed by atoms with Crippen molar-refractivity contribution >= 4 is 0 Å². The third kappa shape index (κ3) is 3.82. The third-order valence-electron chi connectivity index (χ3n) is 3.74. The second-order valence-corrected chi connectivity index (χ2v) is 5.22. The number of hydrogen-bond donors (Lipinski definition) is 1. The van der Waals surface area contributed by atoms with E-state index in [1.807, 2.05) is 6.20 Å². The maximum atomic E-state index is 5.77. The number of hydrogen-bond acceptors (Lipinski definition) is 4. The zero-order chi connectivity index (χ0) is 12.8. The van der Waals surface area contributed by atoms with E-state index in [0.717, 1.165) is 37.5 Å². The van der Waals surface area contributed by atoms with Crippen LogP contribution in [0.2, 0.25) is 0 Å². The molecule has 4 nitrogen and oxygen atoms in total. The van der Waals surface area contributed by atoms with Gasteiger partial charge in [0.15, 0.2) is 5.89 Å². The van der Waals surface area contributed by atoms with Crippen molar-refractivity contribution in [1.82, 2.24) is 9.88 Å². The van der Waals surface area contributed by atoms with Gasteiger partial charge in [-0.2, -0.15) is 0 Å². The molecule has 18 heavy (non-hydrogen) atoms. The van der Waals surface area contributed by atoms with Crippen LogP contribution in [-0.2, 0) is 12.8 Å². The average Bonchev–Trinajstić information content (AvgIpc) is 2.84. The van der Waals surface area contributed by atoms with Gasteiger partial charge in [0, 0.05) is 19.4 Å². The molecule has 1 aliphatic heterocycles. The number of aryl methyl sites for hydroxylation is 1. The Balaban J connectivity index is 1.83. The Morgan fingerprint density at radius 3 is 3.22 bits per heavy atom. The number of piperidine rings is 1. The Hall–Kier alpha value is -0.870. The van der Waals surface area contributed by atoms with Crippen LogP contribution in [-0.4, -0.2) is 36.1 Å². The monoisotopic (exact) mass is 251 g/mol. The smallest absolute Gasteiger partial charge is 0.194 e. The number of likely N-dealkylation sites (tertiary alicyclic amines) is 1. The van der Waals surface area contributed by atoms with Crippen molar-refractivity contribution in [3.05, 3.63) is 17.8 Å². The van der Waals surface area contributed by atoms with Crippen LogP contribution in [0.3, 0.4) is 0 Å². The molecule has 1 aliphatic rings. The third-order valence-corrected chi connectivity index (χ3v) is 3.74. The molecule has 0 aromatic carbocycles. The predicted octanol–water partition coefficient (Wildman–Crippen LogP) is 1.84. The second kappa shape index (κ2) is 6.90. The van der Waals surface area contributed by atoms with Crippen LogP contribution in [0.5, 0.6) is 0 Å². The fraction of sp³-hybridized carbons (Fsp3) is 0.786. The minimum atomic E-state index is 0.708. The summed E-state index contributed by atoms with van der Waals surface area (Å²) in [6, 6.07) is 0. The van der Waals surface area contributed by atoms with Gasteiger partial charge >= 0.3 is 0 Å². The van der Waals surface area contributed by atoms with Crippen molar-refractivity contribution in [1.29, 1.82) is 0 Å². The summed E-state index contributed by atoms with van der Waals surface area (Å²) in [5, 5.41) is 0. The Bertz CT molecular complexity index is 351. The highest BCUT2D eigenvalue weighted by atomic mass is 16.4. The molecule has 0 bridgehead atoms. The maximum absolute atomic E-state index is 5.77. The van der Waals surface area contributed by atoms with Crippen LogP contribution in [0.15, 0.2) is 10.6 Å². The van der Waals surface area contributed by atoms with Crippen molar-refractivity contribution in [3.8, 4) is 0 Å². The van der Waals surface area contributed by atoms with Gasteiger partial charge in [-0.15, -0.1) is 0 Å². The molecule has 0 radical (unpaired) electrons. The van der Waals surface area contributed by atoms with E-state index < -0.39 is 0 Å². The Morgan fingerprint density at radius 1 is 1.56 bits per heavy atom. The number of aromatic nitrogens is 1. The van der Waals surface area contributed by atoms with Gasteiger partial charge in [0.25, 0.3) is 0 Å². The molecule has 1 saturated heterocycles. The number of rotatable bonds is 6. The second-order valence-electron chi connectivity index (χ2n) is 5.22. The van der Waals surface area contributed by atoms with E-state index in [9.17, 15) is 0 Å². The van der Waals surface area contributed by atoms with Crippen LogP contribution in [0.25, 0.3) is 0 Å². The lowest BCUT2D eigenvalue weighted by Gasteiger charge is -2.31. The Morgan fingerprint density at radius 2 is 2.44 bits per heavy atom. The normalized spacial score (nSPS) is 21.3. The highest BCUT2D eigenvalue weighted by molar-refractivity contribution is 4.96. The summed E-state index contributed by atoms with van der Waals surface area (Å²) in [4.78, 5) is 6.91. The molecular weight excluding hydrogens is 226 g/mol. The number of oxazole rings is 1. The van der Waals surface area contributed by atoms with Gasteiger partial charge in [0.2, 0.25) is 0 Å². The van der Waals surface area contributed by atoms with Crippen LogP contribution in [0.1, 0.15) is 37.8 Å². The van der Waals surface area contributed by atoms with Crippen molar-refractivity contribution in [2.24, 2.45) is 11.7 Å². The van der Waals surface area contributed by atoms with E-state index in [4.69, 9.17) is 10.2 Å². The summed E-state index contributed by atoms with van der Waals surface area (Å²) < 4.78 is 5.77. The molecule has 1 unspecified atom stereocenters. The van der Waals surface area contributed by atoms with Gasteiger partial charge < -0.3 is 15.1 Å². The molecule has 0 amide bonds.